The summed E-state index contributed by atoms with van der Waals surface area (Å²) in [7, 11) is 0. The van der Waals surface area contributed by atoms with Crippen LogP contribution >= 0.6 is 0 Å². The third kappa shape index (κ3) is 2.62. The molecule has 1 aromatic carbocycles. The number of hydrogen-bond donors (Lipinski definition) is 2. The third-order valence-corrected chi connectivity index (χ3v) is 2.14. The van der Waals surface area contributed by atoms with Crippen molar-refractivity contribution in [1.29, 1.82) is 0 Å². The van der Waals surface area contributed by atoms with Crippen molar-refractivity contribution >= 4 is 5.97 Å². The number of carbonyl (C=O) groups is 1. The number of nitrogens with one attached hydrogen (secondary N) is 1. The Hall–Kier alpha value is -2.44. The number of nitrogens with zero attached hydrogens (tertiary/aromatic N) is 1. The Balaban J connectivity index is 2.02. The van der Waals surface area contributed by atoms with Gasteiger partial charge in [0.05, 0.1) is 5.69 Å². The molecule has 0 amide bonds. The smallest absolute Gasteiger partial charge is 0.356 e. The summed E-state index contributed by atoms with van der Waals surface area (Å²) in [5.41, 5.74) is 0.274. The van der Waals surface area contributed by atoms with Crippen molar-refractivity contribution in [2.24, 2.45) is 0 Å². The Kier molecular flexibility index (Phi) is 3.22. The zero-order valence-corrected chi connectivity index (χ0v) is 8.98. The van der Waals surface area contributed by atoms with E-state index in [0.717, 1.165) is 12.1 Å². The molecule has 0 fully saturated rings. The fourth-order valence-corrected chi connectivity index (χ4v) is 1.27. The van der Waals surface area contributed by atoms with Crippen LogP contribution in [0, 0.1) is 11.6 Å². The Morgan fingerprint density at radius 3 is 2.72 bits per heavy atom. The topological polar surface area (TPSA) is 75.2 Å². The average Bonchev–Trinajstić information content (AvgIpc) is 2.79. The van der Waals surface area contributed by atoms with Gasteiger partial charge in [0.2, 0.25) is 0 Å². The van der Waals surface area contributed by atoms with Crippen molar-refractivity contribution in [3.05, 3.63) is 47.3 Å². The molecule has 7 heteroatoms. The quantitative estimate of drug-likeness (QED) is 0.874. The maximum Gasteiger partial charge on any atom is 0.356 e. The van der Waals surface area contributed by atoms with Crippen LogP contribution < -0.4 is 4.74 Å². The minimum absolute atomic E-state index is 0.0225. The van der Waals surface area contributed by atoms with Crippen LogP contribution in [0.25, 0.3) is 0 Å². The zero-order valence-electron chi connectivity index (χ0n) is 8.98. The molecule has 0 atom stereocenters. The number of ether oxygens (including phenoxy) is 1. The van der Waals surface area contributed by atoms with Crippen molar-refractivity contribution in [2.75, 3.05) is 0 Å². The van der Waals surface area contributed by atoms with Gasteiger partial charge in [-0.05, 0) is 18.2 Å². The van der Waals surface area contributed by atoms with Crippen LogP contribution in [0.1, 0.15) is 16.2 Å². The Bertz CT molecular complexity index is 583. The van der Waals surface area contributed by atoms with Crippen LogP contribution in [0.4, 0.5) is 8.78 Å². The summed E-state index contributed by atoms with van der Waals surface area (Å²) in [4.78, 5) is 10.6. The third-order valence-electron chi connectivity index (χ3n) is 2.14. The summed E-state index contributed by atoms with van der Waals surface area (Å²) in [6.07, 6.45) is 0. The second kappa shape index (κ2) is 4.82. The van der Waals surface area contributed by atoms with E-state index in [0.29, 0.717) is 5.69 Å². The lowest BCUT2D eigenvalue weighted by atomic mass is 10.3. The van der Waals surface area contributed by atoms with E-state index in [-0.39, 0.29) is 18.1 Å². The summed E-state index contributed by atoms with van der Waals surface area (Å²) in [5, 5.41) is 14.6. The Labute approximate surface area is 100 Å². The first-order chi connectivity index (χ1) is 8.56. The van der Waals surface area contributed by atoms with Crippen LogP contribution in [0.2, 0.25) is 0 Å². The lowest BCUT2D eigenvalue weighted by molar-refractivity contribution is 0.0690. The van der Waals surface area contributed by atoms with Gasteiger partial charge in [-0.15, -0.1) is 0 Å². The average molecular weight is 254 g/mol. The molecule has 0 bridgehead atoms. The van der Waals surface area contributed by atoms with Gasteiger partial charge >= 0.3 is 5.97 Å². The molecule has 0 aliphatic heterocycles. The second-order valence-corrected chi connectivity index (χ2v) is 3.45. The van der Waals surface area contributed by atoms with Gasteiger partial charge in [-0.1, -0.05) is 0 Å². The highest BCUT2D eigenvalue weighted by Crippen LogP contribution is 2.16. The molecule has 1 heterocycles. The van der Waals surface area contributed by atoms with Gasteiger partial charge in [0.1, 0.15) is 12.4 Å². The standard InChI is InChI=1S/C11H8F2N2O3/c12-8-2-1-7(4-9(8)13)18-5-6-3-10(11(16)17)15-14-6/h1-4H,5H2,(H,14,15)(H,16,17). The number of aromatic carboxylic acids is 1. The molecule has 2 N–H and O–H groups in total. The lowest BCUT2D eigenvalue weighted by Crippen LogP contribution is -1.97. The SMILES string of the molecule is O=C(O)c1cc(COc2ccc(F)c(F)c2)[nH]n1. The molecule has 2 aromatic rings. The molecule has 0 spiro atoms. The molecule has 0 saturated carbocycles. The maximum absolute atomic E-state index is 12.9. The molecule has 0 unspecified atom stereocenters. The van der Waals surface area contributed by atoms with E-state index in [1.807, 2.05) is 0 Å². The number of benzene rings is 1. The molecule has 18 heavy (non-hydrogen) atoms. The fourth-order valence-electron chi connectivity index (χ4n) is 1.27. The van der Waals surface area contributed by atoms with Crippen LogP contribution in [0.5, 0.6) is 5.75 Å². The largest absolute Gasteiger partial charge is 0.487 e. The monoisotopic (exact) mass is 254 g/mol. The van der Waals surface area contributed by atoms with Crippen LogP contribution in [-0.2, 0) is 6.61 Å². The number of carboxylic acid groups (broad SMARTS) is 1. The number of H-pyrrole nitrogens is 1. The van der Waals surface area contributed by atoms with Crippen molar-refractivity contribution in [3.63, 3.8) is 0 Å². The van der Waals surface area contributed by atoms with Crippen molar-refractivity contribution in [2.45, 2.75) is 6.61 Å². The van der Waals surface area contributed by atoms with E-state index in [1.54, 1.807) is 0 Å². The maximum atomic E-state index is 12.9. The first kappa shape index (κ1) is 12.0. The normalized spacial score (nSPS) is 10.3. The van der Waals surface area contributed by atoms with E-state index in [2.05, 4.69) is 10.2 Å². The number of rotatable bonds is 4. The Morgan fingerprint density at radius 1 is 1.33 bits per heavy atom. The molecule has 0 aliphatic rings. The number of aromatic nitrogens is 2. The summed E-state index contributed by atoms with van der Waals surface area (Å²) in [5.74, 6) is -2.99. The van der Waals surface area contributed by atoms with Gasteiger partial charge in [0, 0.05) is 6.07 Å². The van der Waals surface area contributed by atoms with E-state index in [9.17, 15) is 13.6 Å². The predicted octanol–water partition coefficient (Wildman–Crippen LogP) is 1.97. The van der Waals surface area contributed by atoms with Gasteiger partial charge in [-0.3, -0.25) is 5.10 Å². The van der Waals surface area contributed by atoms with Crippen LogP contribution in [0.3, 0.4) is 0 Å². The van der Waals surface area contributed by atoms with Gasteiger partial charge < -0.3 is 9.84 Å². The van der Waals surface area contributed by atoms with E-state index in [1.165, 1.54) is 12.1 Å². The number of halogens is 2. The van der Waals surface area contributed by atoms with Gasteiger partial charge in [0.15, 0.2) is 17.3 Å². The molecule has 2 rings (SSSR count). The molecule has 94 valence electrons. The molecule has 0 saturated heterocycles. The number of aromatic amines is 1. The summed E-state index contributed by atoms with van der Waals surface area (Å²) >= 11 is 0. The highest BCUT2D eigenvalue weighted by molar-refractivity contribution is 5.85. The van der Waals surface area contributed by atoms with Crippen molar-refractivity contribution < 1.29 is 23.4 Å². The first-order valence-corrected chi connectivity index (χ1v) is 4.91. The molecule has 5 nitrogen and oxygen atoms in total. The molecule has 1 aromatic heterocycles. The number of hydrogen-bond acceptors (Lipinski definition) is 3. The summed E-state index contributed by atoms with van der Waals surface area (Å²) in [6.45, 7) is -0.0225. The van der Waals surface area contributed by atoms with Crippen LogP contribution in [0.15, 0.2) is 24.3 Å². The van der Waals surface area contributed by atoms with Gasteiger partial charge in [0.25, 0.3) is 0 Å². The van der Waals surface area contributed by atoms with Gasteiger partial charge in [-0.25, -0.2) is 13.6 Å². The zero-order chi connectivity index (χ0) is 13.1. The summed E-state index contributed by atoms with van der Waals surface area (Å²) < 4.78 is 30.7. The molecular weight excluding hydrogens is 246 g/mol. The highest BCUT2D eigenvalue weighted by Gasteiger charge is 2.09. The fraction of sp³-hybridized carbons (Fsp3) is 0.0909. The highest BCUT2D eigenvalue weighted by atomic mass is 19.2. The van der Waals surface area contributed by atoms with E-state index >= 15 is 0 Å². The predicted molar refractivity (Wildman–Crippen MR) is 56.2 cm³/mol. The van der Waals surface area contributed by atoms with Gasteiger partial charge in [-0.2, -0.15) is 5.10 Å². The van der Waals surface area contributed by atoms with Crippen LogP contribution in [-0.4, -0.2) is 21.3 Å². The van der Waals surface area contributed by atoms with Crippen molar-refractivity contribution in [1.82, 2.24) is 10.2 Å². The molecule has 0 aliphatic carbocycles. The minimum Gasteiger partial charge on any atom is -0.487 e. The van der Waals surface area contributed by atoms with Crippen molar-refractivity contribution in [3.8, 4) is 5.75 Å². The summed E-state index contributed by atoms with van der Waals surface area (Å²) in [6, 6.07) is 4.42. The molecule has 0 radical (unpaired) electrons. The lowest BCUT2D eigenvalue weighted by Gasteiger charge is -2.04. The Morgan fingerprint density at radius 2 is 2.11 bits per heavy atom. The minimum atomic E-state index is -1.16. The number of carboxylic acids is 1. The first-order valence-electron chi connectivity index (χ1n) is 4.91. The second-order valence-electron chi connectivity index (χ2n) is 3.45. The van der Waals surface area contributed by atoms with E-state index < -0.39 is 17.6 Å². The van der Waals surface area contributed by atoms with E-state index in [4.69, 9.17) is 9.84 Å². The molecular formula is C11H8F2N2O3.